The Morgan fingerprint density at radius 2 is 1.93 bits per heavy atom. The first kappa shape index (κ1) is 19.7. The number of hydrogen-bond donors (Lipinski definition) is 2. The summed E-state index contributed by atoms with van der Waals surface area (Å²) in [4.78, 5) is 21.5. The Kier molecular flexibility index (Phi) is 6.27. The zero-order chi connectivity index (χ0) is 20.1. The molecular formula is C22H29N5O2. The van der Waals surface area contributed by atoms with Crippen LogP contribution in [0.25, 0.3) is 0 Å². The fourth-order valence-electron chi connectivity index (χ4n) is 3.72. The highest BCUT2D eigenvalue weighted by molar-refractivity contribution is 6.03. The fraction of sp³-hybridized carbons (Fsp3) is 0.455. The monoisotopic (exact) mass is 395 g/mol. The SMILES string of the molecule is CN1CCN(c2ccc(NC(=O)c3cc(NCC4CCCO4)ccn3)cc2)CC1. The van der Waals surface area contributed by atoms with Gasteiger partial charge < -0.3 is 25.2 Å². The Hall–Kier alpha value is -2.64. The molecule has 0 radical (unpaired) electrons. The van der Waals surface area contributed by atoms with Crippen molar-refractivity contribution in [2.24, 2.45) is 0 Å². The van der Waals surface area contributed by atoms with Gasteiger partial charge in [0.25, 0.3) is 5.91 Å². The summed E-state index contributed by atoms with van der Waals surface area (Å²) < 4.78 is 5.63. The Labute approximate surface area is 172 Å². The van der Waals surface area contributed by atoms with Gasteiger partial charge in [0.05, 0.1) is 6.10 Å². The maximum atomic E-state index is 12.6. The van der Waals surface area contributed by atoms with Gasteiger partial charge in [0.15, 0.2) is 0 Å². The van der Waals surface area contributed by atoms with Crippen LogP contribution in [0.1, 0.15) is 23.3 Å². The van der Waals surface area contributed by atoms with Crippen LogP contribution in [0.15, 0.2) is 42.6 Å². The number of likely N-dealkylation sites (N-methyl/N-ethyl adjacent to an activating group) is 1. The van der Waals surface area contributed by atoms with Crippen LogP contribution in [-0.4, -0.2) is 68.3 Å². The molecule has 2 saturated heterocycles. The molecular weight excluding hydrogens is 366 g/mol. The minimum Gasteiger partial charge on any atom is -0.382 e. The van der Waals surface area contributed by atoms with E-state index in [1.807, 2.05) is 18.2 Å². The molecule has 154 valence electrons. The molecule has 2 fully saturated rings. The predicted octanol–water partition coefficient (Wildman–Crippen LogP) is 2.68. The van der Waals surface area contributed by atoms with Crippen molar-refractivity contribution < 1.29 is 9.53 Å². The van der Waals surface area contributed by atoms with Crippen molar-refractivity contribution in [2.75, 3.05) is 61.9 Å². The Morgan fingerprint density at radius 3 is 2.66 bits per heavy atom. The Morgan fingerprint density at radius 1 is 1.14 bits per heavy atom. The largest absolute Gasteiger partial charge is 0.382 e. The number of ether oxygens (including phenoxy) is 1. The number of amides is 1. The molecule has 1 aromatic carbocycles. The van der Waals surface area contributed by atoms with E-state index < -0.39 is 0 Å². The molecule has 2 N–H and O–H groups in total. The van der Waals surface area contributed by atoms with Gasteiger partial charge in [-0.15, -0.1) is 0 Å². The molecule has 7 nitrogen and oxygen atoms in total. The first-order valence-corrected chi connectivity index (χ1v) is 10.3. The summed E-state index contributed by atoms with van der Waals surface area (Å²) in [5.41, 5.74) is 3.23. The van der Waals surface area contributed by atoms with Crippen LogP contribution in [0.3, 0.4) is 0 Å². The van der Waals surface area contributed by atoms with Crippen LogP contribution in [-0.2, 0) is 4.74 Å². The third kappa shape index (κ3) is 5.25. The van der Waals surface area contributed by atoms with Crippen molar-refractivity contribution in [3.63, 3.8) is 0 Å². The first-order valence-electron chi connectivity index (χ1n) is 10.3. The lowest BCUT2D eigenvalue weighted by Crippen LogP contribution is -2.44. The summed E-state index contributed by atoms with van der Waals surface area (Å²) in [6.45, 7) is 5.78. The maximum absolute atomic E-state index is 12.6. The lowest BCUT2D eigenvalue weighted by Gasteiger charge is -2.34. The van der Waals surface area contributed by atoms with Gasteiger partial charge in [-0.1, -0.05) is 0 Å². The van der Waals surface area contributed by atoms with Crippen molar-refractivity contribution in [3.8, 4) is 0 Å². The number of nitrogens with zero attached hydrogens (tertiary/aromatic N) is 3. The summed E-state index contributed by atoms with van der Waals surface area (Å²) in [5.74, 6) is -0.210. The second kappa shape index (κ2) is 9.24. The van der Waals surface area contributed by atoms with Gasteiger partial charge in [-0.2, -0.15) is 0 Å². The van der Waals surface area contributed by atoms with Crippen molar-refractivity contribution >= 4 is 23.0 Å². The molecule has 1 unspecified atom stereocenters. The lowest BCUT2D eigenvalue weighted by atomic mass is 10.2. The summed E-state index contributed by atoms with van der Waals surface area (Å²) in [6.07, 6.45) is 4.10. The van der Waals surface area contributed by atoms with Crippen molar-refractivity contribution in [1.82, 2.24) is 9.88 Å². The van der Waals surface area contributed by atoms with Crippen LogP contribution in [0, 0.1) is 0 Å². The van der Waals surface area contributed by atoms with E-state index in [4.69, 9.17) is 4.74 Å². The summed E-state index contributed by atoms with van der Waals surface area (Å²) >= 11 is 0. The van der Waals surface area contributed by atoms with Gasteiger partial charge in [0, 0.05) is 62.6 Å². The molecule has 0 spiro atoms. The zero-order valence-corrected chi connectivity index (χ0v) is 16.9. The quantitative estimate of drug-likeness (QED) is 0.784. The van der Waals surface area contributed by atoms with Gasteiger partial charge in [-0.05, 0) is 56.3 Å². The van der Waals surface area contributed by atoms with Gasteiger partial charge in [0.2, 0.25) is 0 Å². The molecule has 2 aliphatic rings. The van der Waals surface area contributed by atoms with Crippen LogP contribution >= 0.6 is 0 Å². The van der Waals surface area contributed by atoms with Crippen LogP contribution in [0.2, 0.25) is 0 Å². The first-order chi connectivity index (χ1) is 14.2. The predicted molar refractivity (Wildman–Crippen MR) is 116 cm³/mol. The molecule has 1 amide bonds. The molecule has 4 rings (SSSR count). The summed E-state index contributed by atoms with van der Waals surface area (Å²) in [6, 6.07) is 11.7. The Balaban J connectivity index is 1.33. The van der Waals surface area contributed by atoms with Gasteiger partial charge in [-0.3, -0.25) is 9.78 Å². The van der Waals surface area contributed by atoms with Gasteiger partial charge >= 0.3 is 0 Å². The molecule has 2 aliphatic heterocycles. The minimum atomic E-state index is -0.210. The zero-order valence-electron chi connectivity index (χ0n) is 16.9. The molecule has 0 saturated carbocycles. The van der Waals surface area contributed by atoms with Gasteiger partial charge in [-0.25, -0.2) is 0 Å². The maximum Gasteiger partial charge on any atom is 0.274 e. The highest BCUT2D eigenvalue weighted by Crippen LogP contribution is 2.20. The Bertz CT molecular complexity index is 812. The number of benzene rings is 1. The second-order valence-corrected chi connectivity index (χ2v) is 7.74. The summed E-state index contributed by atoms with van der Waals surface area (Å²) in [7, 11) is 2.15. The number of rotatable bonds is 6. The fourth-order valence-corrected chi connectivity index (χ4v) is 3.72. The van der Waals surface area contributed by atoms with E-state index in [-0.39, 0.29) is 12.0 Å². The lowest BCUT2D eigenvalue weighted by molar-refractivity contribution is 0.102. The molecule has 3 heterocycles. The number of aromatic nitrogens is 1. The van der Waals surface area contributed by atoms with Crippen molar-refractivity contribution in [1.29, 1.82) is 0 Å². The molecule has 2 aromatic rings. The highest BCUT2D eigenvalue weighted by atomic mass is 16.5. The number of piperazine rings is 1. The number of carbonyl (C=O) groups excluding carboxylic acids is 1. The number of carbonyl (C=O) groups is 1. The number of pyridine rings is 1. The second-order valence-electron chi connectivity index (χ2n) is 7.74. The minimum absolute atomic E-state index is 0.210. The van der Waals surface area contributed by atoms with E-state index in [0.29, 0.717) is 5.69 Å². The third-order valence-corrected chi connectivity index (χ3v) is 5.54. The van der Waals surface area contributed by atoms with E-state index in [2.05, 4.69) is 44.6 Å². The van der Waals surface area contributed by atoms with Crippen LogP contribution < -0.4 is 15.5 Å². The van der Waals surface area contributed by atoms with E-state index in [1.54, 1.807) is 12.3 Å². The van der Waals surface area contributed by atoms with Crippen LogP contribution in [0.4, 0.5) is 17.1 Å². The smallest absolute Gasteiger partial charge is 0.274 e. The normalized spacial score (nSPS) is 19.9. The summed E-state index contributed by atoms with van der Waals surface area (Å²) in [5, 5.41) is 6.28. The van der Waals surface area contributed by atoms with E-state index in [1.165, 1.54) is 5.69 Å². The highest BCUT2D eigenvalue weighted by Gasteiger charge is 2.16. The molecule has 0 aliphatic carbocycles. The molecule has 1 atom stereocenters. The average molecular weight is 396 g/mol. The molecule has 7 heteroatoms. The molecule has 1 aromatic heterocycles. The van der Waals surface area contributed by atoms with E-state index >= 15 is 0 Å². The van der Waals surface area contributed by atoms with E-state index in [0.717, 1.165) is 63.5 Å². The van der Waals surface area contributed by atoms with E-state index in [9.17, 15) is 4.79 Å². The standard InChI is InChI=1S/C22H29N5O2/c1-26-10-12-27(13-11-26)19-6-4-17(5-7-19)25-22(28)21-15-18(8-9-23-21)24-16-20-3-2-14-29-20/h4-9,15,20H,2-3,10-14,16H2,1H3,(H,23,24)(H,25,28). The number of anilines is 3. The molecule has 0 bridgehead atoms. The number of hydrogen-bond acceptors (Lipinski definition) is 6. The number of nitrogens with one attached hydrogen (secondary N) is 2. The molecule has 29 heavy (non-hydrogen) atoms. The average Bonchev–Trinajstić information content (AvgIpc) is 3.27. The third-order valence-electron chi connectivity index (χ3n) is 5.54. The topological polar surface area (TPSA) is 69.7 Å². The van der Waals surface area contributed by atoms with Crippen LogP contribution in [0.5, 0.6) is 0 Å². The van der Waals surface area contributed by atoms with Crippen molar-refractivity contribution in [3.05, 3.63) is 48.3 Å². The van der Waals surface area contributed by atoms with Crippen molar-refractivity contribution in [2.45, 2.75) is 18.9 Å². The van der Waals surface area contributed by atoms with Gasteiger partial charge in [0.1, 0.15) is 5.69 Å².